The van der Waals surface area contributed by atoms with Gasteiger partial charge in [-0.25, -0.2) is 4.39 Å². The third-order valence-corrected chi connectivity index (χ3v) is 5.03. The molecule has 0 saturated heterocycles. The molecule has 2 N–H and O–H groups in total. The van der Waals surface area contributed by atoms with E-state index in [9.17, 15) is 9.18 Å². The number of hydrogen-bond acceptors (Lipinski definition) is 2. The van der Waals surface area contributed by atoms with Gasteiger partial charge in [0.05, 0.1) is 0 Å². The Balaban J connectivity index is 1.45. The minimum absolute atomic E-state index is 0.175. The Bertz CT molecular complexity index is 691. The average Bonchev–Trinajstić information content (AvgIpc) is 3.05. The Kier molecular flexibility index (Phi) is 5.51. The van der Waals surface area contributed by atoms with Gasteiger partial charge in [-0.05, 0) is 51.1 Å². The second-order valence-electron chi connectivity index (χ2n) is 6.77. The number of carbonyl (C=O) groups excluding carboxylic acids is 1. The highest BCUT2D eigenvalue weighted by Gasteiger charge is 2.17. The van der Waals surface area contributed by atoms with Crippen molar-refractivity contribution < 1.29 is 9.18 Å². The molecular weight excluding hydrogens is 305 g/mol. The van der Waals surface area contributed by atoms with Crippen molar-refractivity contribution in [2.75, 3.05) is 20.1 Å². The van der Waals surface area contributed by atoms with Gasteiger partial charge in [-0.2, -0.15) is 0 Å². The SMILES string of the molecule is CN(CCCNC(=O)c1cc2c(F)cccc2[nH]1)C1CCCCC1. The summed E-state index contributed by atoms with van der Waals surface area (Å²) in [7, 11) is 2.18. The minimum Gasteiger partial charge on any atom is -0.351 e. The average molecular weight is 331 g/mol. The third-order valence-electron chi connectivity index (χ3n) is 5.03. The van der Waals surface area contributed by atoms with Crippen molar-refractivity contribution in [3.05, 3.63) is 35.8 Å². The van der Waals surface area contributed by atoms with E-state index >= 15 is 0 Å². The van der Waals surface area contributed by atoms with Gasteiger partial charge in [-0.1, -0.05) is 25.3 Å². The summed E-state index contributed by atoms with van der Waals surface area (Å²) in [5, 5.41) is 3.38. The van der Waals surface area contributed by atoms with Crippen LogP contribution in [0.1, 0.15) is 49.0 Å². The van der Waals surface area contributed by atoms with Gasteiger partial charge in [0.25, 0.3) is 5.91 Å². The quantitative estimate of drug-likeness (QED) is 0.793. The molecule has 1 aromatic heterocycles. The first-order valence-corrected chi connectivity index (χ1v) is 8.91. The fourth-order valence-electron chi connectivity index (χ4n) is 3.57. The van der Waals surface area contributed by atoms with E-state index in [1.165, 1.54) is 38.2 Å². The monoisotopic (exact) mass is 331 g/mol. The highest BCUT2D eigenvalue weighted by atomic mass is 19.1. The Morgan fingerprint density at radius 2 is 2.12 bits per heavy atom. The van der Waals surface area contributed by atoms with Gasteiger partial charge in [0.2, 0.25) is 0 Å². The van der Waals surface area contributed by atoms with Crippen LogP contribution >= 0.6 is 0 Å². The standard InChI is InChI=1S/C19H26FN3O/c1-23(14-7-3-2-4-8-14)12-6-11-21-19(24)18-13-15-16(20)9-5-10-17(15)22-18/h5,9-10,13-14,22H,2-4,6-8,11-12H2,1H3,(H,21,24). The topological polar surface area (TPSA) is 48.1 Å². The first kappa shape index (κ1) is 17.0. The Morgan fingerprint density at radius 3 is 2.88 bits per heavy atom. The third kappa shape index (κ3) is 3.96. The van der Waals surface area contributed by atoms with Crippen LogP contribution in [0.2, 0.25) is 0 Å². The molecule has 5 heteroatoms. The van der Waals surface area contributed by atoms with Crippen LogP contribution in [0, 0.1) is 5.82 Å². The summed E-state index contributed by atoms with van der Waals surface area (Å²) in [4.78, 5) is 17.6. The van der Waals surface area contributed by atoms with Crippen LogP contribution in [0.5, 0.6) is 0 Å². The van der Waals surface area contributed by atoms with Crippen molar-refractivity contribution in [1.29, 1.82) is 0 Å². The Hall–Kier alpha value is -1.88. The minimum atomic E-state index is -0.308. The number of carbonyl (C=O) groups is 1. The molecule has 130 valence electrons. The first-order chi connectivity index (χ1) is 11.6. The van der Waals surface area contributed by atoms with E-state index in [1.807, 2.05) is 0 Å². The van der Waals surface area contributed by atoms with Crippen LogP contribution in [0.3, 0.4) is 0 Å². The predicted octanol–water partition coefficient (Wildman–Crippen LogP) is 3.69. The molecule has 24 heavy (non-hydrogen) atoms. The molecule has 1 aliphatic carbocycles. The molecule has 1 aliphatic rings. The number of amides is 1. The van der Waals surface area contributed by atoms with Crippen LogP contribution < -0.4 is 5.32 Å². The van der Waals surface area contributed by atoms with E-state index in [4.69, 9.17) is 0 Å². The number of nitrogens with one attached hydrogen (secondary N) is 2. The van der Waals surface area contributed by atoms with Crippen LogP contribution in [0.25, 0.3) is 10.9 Å². The zero-order valence-corrected chi connectivity index (χ0v) is 14.3. The molecule has 0 spiro atoms. The van der Waals surface area contributed by atoms with Crippen LogP contribution in [0.4, 0.5) is 4.39 Å². The molecule has 0 aliphatic heterocycles. The summed E-state index contributed by atoms with van der Waals surface area (Å²) in [5.41, 5.74) is 1.06. The number of hydrogen-bond donors (Lipinski definition) is 2. The van der Waals surface area contributed by atoms with Gasteiger partial charge in [-0.15, -0.1) is 0 Å². The van der Waals surface area contributed by atoms with E-state index in [0.29, 0.717) is 29.2 Å². The van der Waals surface area contributed by atoms with Crippen LogP contribution in [-0.4, -0.2) is 42.0 Å². The summed E-state index contributed by atoms with van der Waals surface area (Å²) < 4.78 is 13.7. The maximum atomic E-state index is 13.7. The summed E-state index contributed by atoms with van der Waals surface area (Å²) in [6, 6.07) is 7.09. The van der Waals surface area contributed by atoms with Gasteiger partial charge >= 0.3 is 0 Å². The normalized spacial score (nSPS) is 16.0. The molecule has 3 rings (SSSR count). The number of aromatic nitrogens is 1. The van der Waals surface area contributed by atoms with Crippen LogP contribution in [0.15, 0.2) is 24.3 Å². The van der Waals surface area contributed by atoms with Crippen molar-refractivity contribution in [2.45, 2.75) is 44.6 Å². The van der Waals surface area contributed by atoms with Crippen LogP contribution in [-0.2, 0) is 0 Å². The largest absolute Gasteiger partial charge is 0.351 e. The molecule has 1 aromatic carbocycles. The lowest BCUT2D eigenvalue weighted by molar-refractivity contribution is 0.0946. The van der Waals surface area contributed by atoms with Crippen molar-refractivity contribution in [3.63, 3.8) is 0 Å². The van der Waals surface area contributed by atoms with E-state index in [-0.39, 0.29) is 11.7 Å². The fourth-order valence-corrected chi connectivity index (χ4v) is 3.57. The lowest BCUT2D eigenvalue weighted by atomic mass is 9.94. The number of H-pyrrole nitrogens is 1. The van der Waals surface area contributed by atoms with Crippen molar-refractivity contribution in [3.8, 4) is 0 Å². The molecule has 2 aromatic rings. The zero-order valence-electron chi connectivity index (χ0n) is 14.3. The molecule has 0 radical (unpaired) electrons. The molecule has 1 fully saturated rings. The van der Waals surface area contributed by atoms with E-state index in [2.05, 4.69) is 22.2 Å². The predicted molar refractivity (Wildman–Crippen MR) is 94.7 cm³/mol. The highest BCUT2D eigenvalue weighted by molar-refractivity contribution is 5.98. The Labute approximate surface area is 142 Å². The maximum Gasteiger partial charge on any atom is 0.267 e. The fraction of sp³-hybridized carbons (Fsp3) is 0.526. The number of rotatable bonds is 6. The van der Waals surface area contributed by atoms with Crippen molar-refractivity contribution >= 4 is 16.8 Å². The lowest BCUT2D eigenvalue weighted by Gasteiger charge is -2.31. The molecule has 0 atom stereocenters. The zero-order chi connectivity index (χ0) is 16.9. The van der Waals surface area contributed by atoms with E-state index in [0.717, 1.165) is 13.0 Å². The second-order valence-corrected chi connectivity index (χ2v) is 6.77. The molecule has 1 saturated carbocycles. The molecule has 0 bridgehead atoms. The number of fused-ring (bicyclic) bond motifs is 1. The molecule has 0 unspecified atom stereocenters. The molecule has 1 amide bonds. The lowest BCUT2D eigenvalue weighted by Crippen LogP contribution is -2.35. The number of benzene rings is 1. The molecule has 1 heterocycles. The summed E-state index contributed by atoms with van der Waals surface area (Å²) >= 11 is 0. The number of aromatic amines is 1. The van der Waals surface area contributed by atoms with Gasteiger partial charge in [0.1, 0.15) is 11.5 Å². The highest BCUT2D eigenvalue weighted by Crippen LogP contribution is 2.21. The first-order valence-electron chi connectivity index (χ1n) is 8.91. The maximum absolute atomic E-state index is 13.7. The Morgan fingerprint density at radius 1 is 1.33 bits per heavy atom. The van der Waals surface area contributed by atoms with Crippen molar-refractivity contribution in [2.24, 2.45) is 0 Å². The van der Waals surface area contributed by atoms with Gasteiger partial charge < -0.3 is 15.2 Å². The smallest absolute Gasteiger partial charge is 0.267 e. The van der Waals surface area contributed by atoms with Gasteiger partial charge in [-0.3, -0.25) is 4.79 Å². The molecule has 4 nitrogen and oxygen atoms in total. The molecular formula is C19H26FN3O. The van der Waals surface area contributed by atoms with Gasteiger partial charge in [0, 0.05) is 23.5 Å². The van der Waals surface area contributed by atoms with Crippen molar-refractivity contribution in [1.82, 2.24) is 15.2 Å². The summed E-state index contributed by atoms with van der Waals surface area (Å²) in [5.74, 6) is -0.483. The summed E-state index contributed by atoms with van der Waals surface area (Å²) in [6.45, 7) is 1.63. The number of halogens is 1. The van der Waals surface area contributed by atoms with E-state index < -0.39 is 0 Å². The summed E-state index contributed by atoms with van der Waals surface area (Å²) in [6.07, 6.45) is 7.55. The van der Waals surface area contributed by atoms with E-state index in [1.54, 1.807) is 18.2 Å². The second kappa shape index (κ2) is 7.79. The van der Waals surface area contributed by atoms with Gasteiger partial charge in [0.15, 0.2) is 0 Å². The number of nitrogens with zero attached hydrogens (tertiary/aromatic N) is 1.